The number of nitrogens with zero attached hydrogens (tertiary/aromatic N) is 1. The van der Waals surface area contributed by atoms with Gasteiger partial charge in [0.15, 0.2) is 18.3 Å². The van der Waals surface area contributed by atoms with Crippen LogP contribution >= 0.6 is 38.9 Å². The lowest BCUT2D eigenvalue weighted by atomic mass is 10.2. The van der Waals surface area contributed by atoms with Crippen LogP contribution in [0.2, 0.25) is 5.02 Å². The summed E-state index contributed by atoms with van der Waals surface area (Å²) < 4.78 is 10.9. The zero-order valence-corrected chi connectivity index (χ0v) is 15.1. The van der Waals surface area contributed by atoms with Crippen molar-refractivity contribution >= 4 is 55.9 Å². The Morgan fingerprint density at radius 1 is 1.39 bits per heavy atom. The highest BCUT2D eigenvalue weighted by Crippen LogP contribution is 2.23. The van der Waals surface area contributed by atoms with E-state index in [4.69, 9.17) is 21.1 Å². The van der Waals surface area contributed by atoms with Gasteiger partial charge < -0.3 is 9.47 Å². The zero-order chi connectivity index (χ0) is 16.8. The molecular formula is C14H12BrClN2O4S. The lowest BCUT2D eigenvalue weighted by Crippen LogP contribution is -2.23. The maximum absolute atomic E-state index is 11.6. The van der Waals surface area contributed by atoms with Gasteiger partial charge in [-0.05, 0) is 46.6 Å². The van der Waals surface area contributed by atoms with Gasteiger partial charge in [-0.1, -0.05) is 22.9 Å². The van der Waals surface area contributed by atoms with Gasteiger partial charge in [-0.15, -0.1) is 0 Å². The molecule has 0 aliphatic rings. The number of esters is 1. The molecule has 122 valence electrons. The summed E-state index contributed by atoms with van der Waals surface area (Å²) in [6.07, 6.45) is 1.56. The Balaban J connectivity index is 1.72. The number of amides is 1. The number of anilines is 1. The van der Waals surface area contributed by atoms with Gasteiger partial charge in [0, 0.05) is 5.02 Å². The van der Waals surface area contributed by atoms with Crippen molar-refractivity contribution in [3.63, 3.8) is 0 Å². The van der Waals surface area contributed by atoms with E-state index in [9.17, 15) is 9.59 Å². The standard InChI is InChI=1S/C14H12BrClN2O4S/c1-8-4-9(2-3-10(8)16)21-7-13(20)22-6-12(19)18-14-17-5-11(15)23-14/h2-5H,6-7H2,1H3,(H,17,18,19). The first-order chi connectivity index (χ1) is 10.9. The van der Waals surface area contributed by atoms with Crippen LogP contribution in [-0.4, -0.2) is 30.1 Å². The van der Waals surface area contributed by atoms with Crippen LogP contribution in [0.5, 0.6) is 5.75 Å². The van der Waals surface area contributed by atoms with Crippen molar-refractivity contribution in [3.05, 3.63) is 38.8 Å². The van der Waals surface area contributed by atoms with E-state index >= 15 is 0 Å². The maximum atomic E-state index is 11.6. The second-order valence-corrected chi connectivity index (χ2v) is 7.20. The van der Waals surface area contributed by atoms with Gasteiger partial charge in [-0.25, -0.2) is 9.78 Å². The number of carbonyl (C=O) groups is 2. The Morgan fingerprint density at radius 2 is 2.17 bits per heavy atom. The van der Waals surface area contributed by atoms with Crippen LogP contribution in [0.15, 0.2) is 28.2 Å². The Labute approximate surface area is 149 Å². The molecule has 0 aliphatic heterocycles. The quantitative estimate of drug-likeness (QED) is 0.726. The number of rotatable bonds is 6. The normalized spacial score (nSPS) is 10.2. The number of halogens is 2. The fourth-order valence-corrected chi connectivity index (χ4v) is 2.74. The van der Waals surface area contributed by atoms with E-state index in [0.717, 1.165) is 9.35 Å². The van der Waals surface area contributed by atoms with Gasteiger partial charge in [0.1, 0.15) is 5.75 Å². The van der Waals surface area contributed by atoms with Crippen molar-refractivity contribution in [2.75, 3.05) is 18.5 Å². The summed E-state index contributed by atoms with van der Waals surface area (Å²) in [6.45, 7) is 1.13. The number of ether oxygens (including phenoxy) is 2. The molecule has 1 aromatic heterocycles. The van der Waals surface area contributed by atoms with E-state index in [2.05, 4.69) is 26.2 Å². The third kappa shape index (κ3) is 5.81. The predicted octanol–water partition coefficient (Wildman–Crippen LogP) is 3.43. The molecule has 0 radical (unpaired) electrons. The highest BCUT2D eigenvalue weighted by Gasteiger charge is 2.10. The summed E-state index contributed by atoms with van der Waals surface area (Å²) >= 11 is 10.4. The van der Waals surface area contributed by atoms with Crippen LogP contribution in [0.25, 0.3) is 0 Å². The number of thiazole rings is 1. The van der Waals surface area contributed by atoms with Gasteiger partial charge in [0.25, 0.3) is 5.91 Å². The zero-order valence-electron chi connectivity index (χ0n) is 12.0. The minimum absolute atomic E-state index is 0.294. The average Bonchev–Trinajstić information content (AvgIpc) is 2.91. The number of hydrogen-bond donors (Lipinski definition) is 1. The molecule has 0 fully saturated rings. The van der Waals surface area contributed by atoms with Crippen molar-refractivity contribution in [3.8, 4) is 5.75 Å². The Hall–Kier alpha value is -1.64. The lowest BCUT2D eigenvalue weighted by molar-refractivity contribution is -0.149. The number of carbonyl (C=O) groups excluding carboxylic acids is 2. The lowest BCUT2D eigenvalue weighted by Gasteiger charge is -2.08. The first-order valence-corrected chi connectivity index (χ1v) is 8.38. The molecule has 0 unspecified atom stereocenters. The second kappa shape index (κ2) is 8.28. The van der Waals surface area contributed by atoms with E-state index in [-0.39, 0.29) is 6.61 Å². The largest absolute Gasteiger partial charge is 0.482 e. The molecule has 0 atom stereocenters. The second-order valence-electron chi connectivity index (χ2n) is 4.38. The molecule has 0 saturated heterocycles. The molecule has 23 heavy (non-hydrogen) atoms. The number of hydrogen-bond acceptors (Lipinski definition) is 6. The van der Waals surface area contributed by atoms with Crippen LogP contribution < -0.4 is 10.1 Å². The molecule has 1 amide bonds. The number of aromatic nitrogens is 1. The smallest absolute Gasteiger partial charge is 0.344 e. The summed E-state index contributed by atoms with van der Waals surface area (Å²) in [5, 5.41) is 3.55. The van der Waals surface area contributed by atoms with Crippen molar-refractivity contribution in [1.29, 1.82) is 0 Å². The van der Waals surface area contributed by atoms with E-state index < -0.39 is 18.5 Å². The van der Waals surface area contributed by atoms with Crippen LogP contribution in [0.3, 0.4) is 0 Å². The average molecular weight is 420 g/mol. The van der Waals surface area contributed by atoms with Crippen molar-refractivity contribution in [2.45, 2.75) is 6.92 Å². The molecule has 0 saturated carbocycles. The molecule has 0 aliphatic carbocycles. The van der Waals surface area contributed by atoms with Crippen LogP contribution in [0, 0.1) is 6.92 Å². The molecule has 2 aromatic rings. The number of aryl methyl sites for hydroxylation is 1. The van der Waals surface area contributed by atoms with Gasteiger partial charge >= 0.3 is 5.97 Å². The number of benzene rings is 1. The topological polar surface area (TPSA) is 77.5 Å². The van der Waals surface area contributed by atoms with Crippen LogP contribution in [0.4, 0.5) is 5.13 Å². The first kappa shape index (κ1) is 17.7. The van der Waals surface area contributed by atoms with Gasteiger partial charge in [0.2, 0.25) is 0 Å². The summed E-state index contributed by atoms with van der Waals surface area (Å²) in [7, 11) is 0. The molecule has 1 N–H and O–H groups in total. The Bertz CT molecular complexity index is 723. The molecular weight excluding hydrogens is 408 g/mol. The molecule has 0 bridgehead atoms. The van der Waals surface area contributed by atoms with Crippen molar-refractivity contribution in [1.82, 2.24) is 4.98 Å². The fourth-order valence-electron chi connectivity index (χ4n) is 1.50. The molecule has 6 nitrogen and oxygen atoms in total. The van der Waals surface area contributed by atoms with Gasteiger partial charge in [-0.3, -0.25) is 10.1 Å². The monoisotopic (exact) mass is 418 g/mol. The SMILES string of the molecule is Cc1cc(OCC(=O)OCC(=O)Nc2ncc(Br)s2)ccc1Cl. The summed E-state index contributed by atoms with van der Waals surface area (Å²) in [6, 6.07) is 5.04. The minimum Gasteiger partial charge on any atom is -0.482 e. The van der Waals surface area contributed by atoms with E-state index in [1.807, 2.05) is 6.92 Å². The van der Waals surface area contributed by atoms with E-state index in [1.165, 1.54) is 11.3 Å². The Morgan fingerprint density at radius 3 is 2.83 bits per heavy atom. The molecule has 9 heteroatoms. The van der Waals surface area contributed by atoms with Crippen molar-refractivity contribution in [2.24, 2.45) is 0 Å². The summed E-state index contributed by atoms with van der Waals surface area (Å²) in [4.78, 5) is 27.1. The van der Waals surface area contributed by atoms with Crippen LogP contribution in [-0.2, 0) is 14.3 Å². The molecule has 2 rings (SSSR count). The number of nitrogens with one attached hydrogen (secondary N) is 1. The third-order valence-electron chi connectivity index (χ3n) is 2.57. The van der Waals surface area contributed by atoms with Crippen molar-refractivity contribution < 1.29 is 19.1 Å². The van der Waals surface area contributed by atoms with Gasteiger partial charge in [-0.2, -0.15) is 0 Å². The van der Waals surface area contributed by atoms with E-state index in [0.29, 0.717) is 15.9 Å². The van der Waals surface area contributed by atoms with Gasteiger partial charge in [0.05, 0.1) is 9.98 Å². The first-order valence-electron chi connectivity index (χ1n) is 6.40. The van der Waals surface area contributed by atoms with Crippen LogP contribution in [0.1, 0.15) is 5.56 Å². The molecule has 1 heterocycles. The molecule has 0 spiro atoms. The Kier molecular flexibility index (Phi) is 6.37. The third-order valence-corrected chi connectivity index (χ3v) is 4.39. The highest BCUT2D eigenvalue weighted by molar-refractivity contribution is 9.11. The minimum atomic E-state index is -0.645. The summed E-state index contributed by atoms with van der Waals surface area (Å²) in [5.74, 6) is -0.614. The highest BCUT2D eigenvalue weighted by atomic mass is 79.9. The predicted molar refractivity (Wildman–Crippen MR) is 91.1 cm³/mol. The summed E-state index contributed by atoms with van der Waals surface area (Å²) in [5.41, 5.74) is 0.839. The van der Waals surface area contributed by atoms with E-state index in [1.54, 1.807) is 24.4 Å². The molecule has 1 aromatic carbocycles. The fraction of sp³-hybridized carbons (Fsp3) is 0.214. The maximum Gasteiger partial charge on any atom is 0.344 e.